The number of anilines is 2. The lowest BCUT2D eigenvalue weighted by Gasteiger charge is -2.26. The Morgan fingerprint density at radius 1 is 0.680 bits per heavy atom. The molecule has 2 aromatic carbocycles. The van der Waals surface area contributed by atoms with Gasteiger partial charge in [-0.3, -0.25) is 9.59 Å². The van der Waals surface area contributed by atoms with E-state index in [-0.39, 0.29) is 35.5 Å². The second-order valence-electron chi connectivity index (χ2n) is 6.71. The molecule has 2 amide bonds. The van der Waals surface area contributed by atoms with E-state index in [1.54, 1.807) is 0 Å². The van der Waals surface area contributed by atoms with E-state index in [4.69, 9.17) is 0 Å². The van der Waals surface area contributed by atoms with Crippen molar-refractivity contribution in [2.24, 2.45) is 23.7 Å². The SMILES string of the molecule is O=C(Nc1ccccc1)[C@@H]1[C@@H](C(=O)Nc2ccccc2)[C@H]2C=C[C@H]1C2. The summed E-state index contributed by atoms with van der Waals surface area (Å²) in [7, 11) is 0. The Hall–Kier alpha value is -2.88. The van der Waals surface area contributed by atoms with E-state index in [0.29, 0.717) is 0 Å². The Balaban J connectivity index is 1.52. The quantitative estimate of drug-likeness (QED) is 0.839. The molecule has 2 aliphatic rings. The zero-order valence-electron chi connectivity index (χ0n) is 13.8. The van der Waals surface area contributed by atoms with E-state index in [0.717, 1.165) is 17.8 Å². The topological polar surface area (TPSA) is 58.2 Å². The van der Waals surface area contributed by atoms with E-state index in [2.05, 4.69) is 22.8 Å². The first-order valence-electron chi connectivity index (χ1n) is 8.62. The Bertz CT molecular complexity index is 734. The van der Waals surface area contributed by atoms with E-state index in [1.807, 2.05) is 60.7 Å². The minimum absolute atomic E-state index is 0.0729. The number of allylic oxidation sites excluding steroid dienone is 2. The summed E-state index contributed by atoms with van der Waals surface area (Å²) in [6, 6.07) is 18.8. The van der Waals surface area contributed by atoms with Crippen LogP contribution >= 0.6 is 0 Å². The number of benzene rings is 2. The second-order valence-corrected chi connectivity index (χ2v) is 6.71. The fourth-order valence-corrected chi connectivity index (χ4v) is 4.03. The van der Waals surface area contributed by atoms with Crippen molar-refractivity contribution in [3.8, 4) is 0 Å². The van der Waals surface area contributed by atoms with Crippen LogP contribution in [0, 0.1) is 23.7 Å². The second kappa shape index (κ2) is 6.55. The molecular formula is C21H20N2O2. The van der Waals surface area contributed by atoms with Gasteiger partial charge < -0.3 is 10.6 Å². The van der Waals surface area contributed by atoms with E-state index >= 15 is 0 Å². The highest BCUT2D eigenvalue weighted by Gasteiger charge is 2.51. The third-order valence-corrected chi connectivity index (χ3v) is 5.15. The summed E-state index contributed by atoms with van der Waals surface area (Å²) >= 11 is 0. The van der Waals surface area contributed by atoms with Crippen molar-refractivity contribution < 1.29 is 9.59 Å². The molecule has 0 aromatic heterocycles. The Morgan fingerprint density at radius 2 is 1.08 bits per heavy atom. The largest absolute Gasteiger partial charge is 0.326 e. The molecule has 2 bridgehead atoms. The van der Waals surface area contributed by atoms with Gasteiger partial charge in [0.25, 0.3) is 0 Å². The number of para-hydroxylation sites is 2. The lowest BCUT2D eigenvalue weighted by Crippen LogP contribution is -2.39. The van der Waals surface area contributed by atoms with Crippen molar-refractivity contribution in [3.05, 3.63) is 72.8 Å². The Morgan fingerprint density at radius 3 is 1.48 bits per heavy atom. The first-order chi connectivity index (χ1) is 12.2. The van der Waals surface area contributed by atoms with Gasteiger partial charge in [0, 0.05) is 11.4 Å². The van der Waals surface area contributed by atoms with Gasteiger partial charge in [-0.25, -0.2) is 0 Å². The van der Waals surface area contributed by atoms with Gasteiger partial charge in [-0.1, -0.05) is 48.6 Å². The fraction of sp³-hybridized carbons (Fsp3) is 0.238. The fourth-order valence-electron chi connectivity index (χ4n) is 4.03. The highest BCUT2D eigenvalue weighted by Crippen LogP contribution is 2.48. The van der Waals surface area contributed by atoms with Crippen LogP contribution in [0.1, 0.15) is 6.42 Å². The van der Waals surface area contributed by atoms with Gasteiger partial charge in [0.2, 0.25) is 11.8 Å². The number of hydrogen-bond donors (Lipinski definition) is 2. The molecule has 2 aromatic rings. The van der Waals surface area contributed by atoms with Crippen molar-refractivity contribution >= 4 is 23.2 Å². The Labute approximate surface area is 146 Å². The van der Waals surface area contributed by atoms with E-state index in [9.17, 15) is 9.59 Å². The van der Waals surface area contributed by atoms with Crippen molar-refractivity contribution in [1.82, 2.24) is 0 Å². The Kier molecular flexibility index (Phi) is 4.10. The van der Waals surface area contributed by atoms with Crippen molar-refractivity contribution in [3.63, 3.8) is 0 Å². The molecule has 4 heteroatoms. The van der Waals surface area contributed by atoms with Crippen LogP contribution in [0.25, 0.3) is 0 Å². The molecule has 25 heavy (non-hydrogen) atoms. The van der Waals surface area contributed by atoms with Crippen LogP contribution in [-0.4, -0.2) is 11.8 Å². The molecule has 4 nitrogen and oxygen atoms in total. The summed E-state index contributed by atoms with van der Waals surface area (Å²) in [5, 5.41) is 5.93. The first kappa shape index (κ1) is 15.6. The molecule has 1 fully saturated rings. The molecule has 1 saturated carbocycles. The maximum atomic E-state index is 12.8. The van der Waals surface area contributed by atoms with Gasteiger partial charge in [-0.05, 0) is 42.5 Å². The molecule has 0 unspecified atom stereocenters. The average molecular weight is 332 g/mol. The van der Waals surface area contributed by atoms with E-state index in [1.165, 1.54) is 0 Å². The molecule has 2 N–H and O–H groups in total. The van der Waals surface area contributed by atoms with Gasteiger partial charge >= 0.3 is 0 Å². The molecule has 0 saturated heterocycles. The van der Waals surface area contributed by atoms with Crippen molar-refractivity contribution in [1.29, 1.82) is 0 Å². The minimum atomic E-state index is -0.320. The predicted octanol–water partition coefficient (Wildman–Crippen LogP) is 3.70. The summed E-state index contributed by atoms with van der Waals surface area (Å²) in [6.07, 6.45) is 5.05. The first-order valence-corrected chi connectivity index (χ1v) is 8.62. The van der Waals surface area contributed by atoms with Crippen LogP contribution in [0.3, 0.4) is 0 Å². The summed E-state index contributed by atoms with van der Waals surface area (Å²) in [5.41, 5.74) is 1.53. The molecule has 126 valence electrons. The minimum Gasteiger partial charge on any atom is -0.326 e. The van der Waals surface area contributed by atoms with Crippen molar-refractivity contribution in [2.75, 3.05) is 10.6 Å². The number of carbonyl (C=O) groups excluding carboxylic acids is 2. The monoisotopic (exact) mass is 332 g/mol. The maximum Gasteiger partial charge on any atom is 0.228 e. The molecule has 2 aliphatic carbocycles. The molecular weight excluding hydrogens is 312 g/mol. The highest BCUT2D eigenvalue weighted by molar-refractivity contribution is 6.01. The maximum absolute atomic E-state index is 12.8. The van der Waals surface area contributed by atoms with Crippen molar-refractivity contribution in [2.45, 2.75) is 6.42 Å². The van der Waals surface area contributed by atoms with Gasteiger partial charge in [0.05, 0.1) is 11.8 Å². The number of amides is 2. The zero-order chi connectivity index (χ0) is 17.2. The summed E-state index contributed by atoms with van der Waals surface area (Å²) in [4.78, 5) is 25.7. The standard InChI is InChI=1S/C21H20N2O2/c24-20(22-16-7-3-1-4-8-16)18-14-11-12-15(13-14)19(18)21(25)23-17-9-5-2-6-10-17/h1-12,14-15,18-19H,13H2,(H,22,24)(H,23,25)/t14-,15-,18-,19-/m0/s1. The van der Waals surface area contributed by atoms with Crippen LogP contribution < -0.4 is 10.6 Å². The normalized spacial score (nSPS) is 26.4. The summed E-state index contributed by atoms with van der Waals surface area (Å²) in [6.45, 7) is 0. The lowest BCUT2D eigenvalue weighted by molar-refractivity contribution is -0.129. The summed E-state index contributed by atoms with van der Waals surface area (Å²) in [5.74, 6) is -0.508. The number of carbonyl (C=O) groups is 2. The summed E-state index contributed by atoms with van der Waals surface area (Å²) < 4.78 is 0. The third kappa shape index (κ3) is 3.07. The highest BCUT2D eigenvalue weighted by atomic mass is 16.2. The molecule has 4 atom stereocenters. The van der Waals surface area contributed by atoms with Crippen LogP contribution in [0.5, 0.6) is 0 Å². The molecule has 0 spiro atoms. The van der Waals surface area contributed by atoms with Gasteiger partial charge in [-0.15, -0.1) is 0 Å². The molecule has 4 rings (SSSR count). The third-order valence-electron chi connectivity index (χ3n) is 5.15. The zero-order valence-corrected chi connectivity index (χ0v) is 13.8. The molecule has 0 aliphatic heterocycles. The lowest BCUT2D eigenvalue weighted by atomic mass is 9.81. The average Bonchev–Trinajstić information content (AvgIpc) is 3.24. The molecule has 0 radical (unpaired) electrons. The van der Waals surface area contributed by atoms with Crippen LogP contribution in [0.15, 0.2) is 72.8 Å². The predicted molar refractivity (Wildman–Crippen MR) is 97.9 cm³/mol. The van der Waals surface area contributed by atoms with Crippen LogP contribution in [0.4, 0.5) is 11.4 Å². The molecule has 0 heterocycles. The van der Waals surface area contributed by atoms with Gasteiger partial charge in [-0.2, -0.15) is 0 Å². The van der Waals surface area contributed by atoms with Crippen LogP contribution in [-0.2, 0) is 9.59 Å². The number of nitrogens with one attached hydrogen (secondary N) is 2. The van der Waals surface area contributed by atoms with Crippen LogP contribution in [0.2, 0.25) is 0 Å². The van der Waals surface area contributed by atoms with E-state index < -0.39 is 0 Å². The van der Waals surface area contributed by atoms with Gasteiger partial charge in [0.1, 0.15) is 0 Å². The number of rotatable bonds is 4. The van der Waals surface area contributed by atoms with Gasteiger partial charge in [0.15, 0.2) is 0 Å². The number of hydrogen-bond acceptors (Lipinski definition) is 2. The number of fused-ring (bicyclic) bond motifs is 2. The smallest absolute Gasteiger partial charge is 0.228 e.